The van der Waals surface area contributed by atoms with Gasteiger partial charge in [0, 0.05) is 13.6 Å². The molecule has 0 heterocycles. The molecule has 0 saturated heterocycles. The smallest absolute Gasteiger partial charge is 0.306 e. The van der Waals surface area contributed by atoms with Crippen LogP contribution >= 0.6 is 0 Å². The minimum absolute atomic E-state index is 0.0180. The zero-order chi connectivity index (χ0) is 14.4. The van der Waals surface area contributed by atoms with Crippen molar-refractivity contribution in [3.8, 4) is 0 Å². The second-order valence-electron chi connectivity index (χ2n) is 4.33. The molecule has 0 aliphatic heterocycles. The van der Waals surface area contributed by atoms with Crippen LogP contribution in [0, 0.1) is 0 Å². The number of carbonyl (C=O) groups excluding carboxylic acids is 1. The monoisotopic (exact) mass is 282 g/mol. The highest BCUT2D eigenvalue weighted by Gasteiger charge is 2.29. The predicted molar refractivity (Wildman–Crippen MR) is 67.1 cm³/mol. The molecule has 0 spiro atoms. The lowest BCUT2D eigenvalue weighted by molar-refractivity contribution is -0.140. The zero-order valence-electron chi connectivity index (χ0n) is 11.3. The second-order valence-corrected chi connectivity index (χ2v) is 6.10. The Morgan fingerprint density at radius 3 is 2.44 bits per heavy atom. The van der Waals surface area contributed by atoms with Crippen molar-refractivity contribution in [1.29, 1.82) is 0 Å². The van der Waals surface area contributed by atoms with Crippen molar-refractivity contribution in [2.75, 3.05) is 27.3 Å². The Kier molecular flexibility index (Phi) is 6.76. The van der Waals surface area contributed by atoms with Gasteiger partial charge in [-0.2, -0.15) is 17.4 Å². The van der Waals surface area contributed by atoms with Gasteiger partial charge in [0.25, 0.3) is 10.2 Å². The summed E-state index contributed by atoms with van der Waals surface area (Å²) in [5.74, 6) is -0.475. The van der Waals surface area contributed by atoms with Crippen LogP contribution in [0.4, 0.5) is 0 Å². The Bertz CT molecular complexity index is 364. The van der Waals surface area contributed by atoms with E-state index in [1.54, 1.807) is 13.8 Å². The molecule has 108 valence electrons. The van der Waals surface area contributed by atoms with Gasteiger partial charge in [-0.3, -0.25) is 4.79 Å². The first-order chi connectivity index (χ1) is 8.20. The molecule has 0 fully saturated rings. The van der Waals surface area contributed by atoms with Crippen LogP contribution in [0.2, 0.25) is 0 Å². The summed E-state index contributed by atoms with van der Waals surface area (Å²) >= 11 is 0. The summed E-state index contributed by atoms with van der Waals surface area (Å²) in [7, 11) is -1.13. The van der Waals surface area contributed by atoms with Crippen molar-refractivity contribution in [2.24, 2.45) is 0 Å². The van der Waals surface area contributed by atoms with Gasteiger partial charge in [-0.1, -0.05) is 6.92 Å². The molecule has 0 saturated carbocycles. The van der Waals surface area contributed by atoms with E-state index in [0.717, 1.165) is 4.31 Å². The molecular formula is C10H22N2O5S. The molecule has 0 aromatic carbocycles. The minimum Gasteiger partial charge on any atom is -0.469 e. The highest BCUT2D eigenvalue weighted by molar-refractivity contribution is 7.87. The highest BCUT2D eigenvalue weighted by atomic mass is 32.2. The molecule has 0 amide bonds. The van der Waals surface area contributed by atoms with Gasteiger partial charge in [-0.05, 0) is 13.3 Å². The lowest BCUT2D eigenvalue weighted by Crippen LogP contribution is -2.53. The molecule has 0 rings (SSSR count). The fraction of sp³-hybridized carbons (Fsp3) is 0.900. The first kappa shape index (κ1) is 17.3. The predicted octanol–water partition coefficient (Wildman–Crippen LogP) is -0.523. The second kappa shape index (κ2) is 7.03. The van der Waals surface area contributed by atoms with Gasteiger partial charge < -0.3 is 9.84 Å². The van der Waals surface area contributed by atoms with Crippen LogP contribution in [-0.4, -0.2) is 56.6 Å². The average Bonchev–Trinajstić information content (AvgIpc) is 2.34. The van der Waals surface area contributed by atoms with E-state index in [4.69, 9.17) is 5.11 Å². The van der Waals surface area contributed by atoms with E-state index in [2.05, 4.69) is 9.46 Å². The van der Waals surface area contributed by atoms with E-state index in [1.807, 2.05) is 0 Å². The molecule has 1 atom stereocenters. The number of nitrogens with zero attached hydrogens (tertiary/aromatic N) is 1. The van der Waals surface area contributed by atoms with Crippen LogP contribution in [-0.2, 0) is 19.7 Å². The molecule has 7 nitrogen and oxygen atoms in total. The molecule has 0 bridgehead atoms. The zero-order valence-corrected chi connectivity index (χ0v) is 12.1. The Morgan fingerprint density at radius 2 is 2.06 bits per heavy atom. The topological polar surface area (TPSA) is 95.9 Å². The van der Waals surface area contributed by atoms with Gasteiger partial charge in [-0.15, -0.1) is 0 Å². The number of nitrogens with one attached hydrogen (secondary N) is 1. The summed E-state index contributed by atoms with van der Waals surface area (Å²) in [6, 6.07) is 0. The number of carbonyl (C=O) groups is 1. The van der Waals surface area contributed by atoms with Gasteiger partial charge in [0.2, 0.25) is 0 Å². The van der Waals surface area contributed by atoms with Gasteiger partial charge in [0.05, 0.1) is 25.7 Å². The van der Waals surface area contributed by atoms with Crippen molar-refractivity contribution < 1.29 is 23.1 Å². The first-order valence-corrected chi connectivity index (χ1v) is 7.07. The van der Waals surface area contributed by atoms with Crippen molar-refractivity contribution in [3.63, 3.8) is 0 Å². The van der Waals surface area contributed by atoms with Crippen LogP contribution < -0.4 is 4.72 Å². The highest BCUT2D eigenvalue weighted by Crippen LogP contribution is 2.11. The summed E-state index contributed by atoms with van der Waals surface area (Å²) < 4.78 is 31.7. The molecule has 0 aliphatic carbocycles. The molecular weight excluding hydrogens is 260 g/mol. The van der Waals surface area contributed by atoms with E-state index < -0.39 is 21.7 Å². The summed E-state index contributed by atoms with van der Waals surface area (Å²) in [6.07, 6.45) is 0.434. The molecule has 8 heteroatoms. The number of methoxy groups -OCH3 is 1. The van der Waals surface area contributed by atoms with Crippen molar-refractivity contribution >= 4 is 16.2 Å². The van der Waals surface area contributed by atoms with Gasteiger partial charge in [0.1, 0.15) is 0 Å². The molecule has 0 aromatic heterocycles. The molecule has 0 radical (unpaired) electrons. The minimum atomic E-state index is -3.73. The van der Waals surface area contributed by atoms with E-state index in [9.17, 15) is 13.2 Å². The Labute approximate surface area is 108 Å². The average molecular weight is 282 g/mol. The first-order valence-electron chi connectivity index (χ1n) is 5.63. The number of aliphatic hydroxyl groups is 1. The number of hydrogen-bond donors (Lipinski definition) is 2. The number of rotatable bonds is 8. The third-order valence-corrected chi connectivity index (χ3v) is 4.53. The molecule has 0 aromatic rings. The van der Waals surface area contributed by atoms with Crippen LogP contribution in [0.25, 0.3) is 0 Å². The van der Waals surface area contributed by atoms with Crippen molar-refractivity contribution in [2.45, 2.75) is 32.2 Å². The fourth-order valence-corrected chi connectivity index (χ4v) is 2.40. The van der Waals surface area contributed by atoms with E-state index in [0.29, 0.717) is 6.42 Å². The maximum Gasteiger partial charge on any atom is 0.306 e. The van der Waals surface area contributed by atoms with Gasteiger partial charge >= 0.3 is 5.97 Å². The van der Waals surface area contributed by atoms with Crippen LogP contribution in [0.5, 0.6) is 0 Å². The maximum atomic E-state index is 11.9. The van der Waals surface area contributed by atoms with E-state index >= 15 is 0 Å². The lowest BCUT2D eigenvalue weighted by Gasteiger charge is -2.29. The molecule has 18 heavy (non-hydrogen) atoms. The summed E-state index contributed by atoms with van der Waals surface area (Å²) in [5.41, 5.74) is -0.904. The van der Waals surface area contributed by atoms with E-state index in [-0.39, 0.29) is 19.6 Å². The van der Waals surface area contributed by atoms with Gasteiger partial charge in [-0.25, -0.2) is 0 Å². The van der Waals surface area contributed by atoms with Gasteiger partial charge in [0.15, 0.2) is 0 Å². The molecule has 0 aliphatic rings. The largest absolute Gasteiger partial charge is 0.469 e. The van der Waals surface area contributed by atoms with Crippen LogP contribution in [0.3, 0.4) is 0 Å². The Morgan fingerprint density at radius 1 is 1.50 bits per heavy atom. The normalized spacial score (nSPS) is 15.4. The number of ether oxygens (including phenoxy) is 1. The van der Waals surface area contributed by atoms with Crippen LogP contribution in [0.1, 0.15) is 26.7 Å². The fourth-order valence-electron chi connectivity index (χ4n) is 1.08. The Balaban J connectivity index is 4.58. The standard InChI is InChI=1S/C10H22N2O5S/c1-5-10(2,8-13)11-18(15,16)12(3)7-6-9(14)17-4/h11,13H,5-8H2,1-4H3. The SMILES string of the molecule is CCC(C)(CO)NS(=O)(=O)N(C)CCC(=O)OC. The quantitative estimate of drug-likeness (QED) is 0.584. The molecule has 2 N–H and O–H groups in total. The Hall–Kier alpha value is -0.700. The summed E-state index contributed by atoms with van der Waals surface area (Å²) in [5, 5.41) is 9.17. The van der Waals surface area contributed by atoms with Crippen molar-refractivity contribution in [3.05, 3.63) is 0 Å². The maximum absolute atomic E-state index is 11.9. The van der Waals surface area contributed by atoms with Crippen LogP contribution in [0.15, 0.2) is 0 Å². The van der Waals surface area contributed by atoms with E-state index in [1.165, 1.54) is 14.2 Å². The lowest BCUT2D eigenvalue weighted by atomic mass is 10.0. The third-order valence-electron chi connectivity index (χ3n) is 2.77. The number of aliphatic hydroxyl groups excluding tert-OH is 1. The third kappa shape index (κ3) is 5.30. The molecule has 1 unspecified atom stereocenters. The summed E-state index contributed by atoms with van der Waals surface area (Å²) in [6.45, 7) is 3.10. The van der Waals surface area contributed by atoms with Crippen molar-refractivity contribution in [1.82, 2.24) is 9.03 Å². The summed E-state index contributed by atoms with van der Waals surface area (Å²) in [4.78, 5) is 10.9. The number of esters is 1. The number of hydrogen-bond acceptors (Lipinski definition) is 5.